The third kappa shape index (κ3) is 3.82. The number of ether oxygens (including phenoxy) is 2. The second kappa shape index (κ2) is 6.98. The van der Waals surface area contributed by atoms with Crippen molar-refractivity contribution in [2.75, 3.05) is 13.2 Å². The van der Waals surface area contributed by atoms with Crippen molar-refractivity contribution in [3.05, 3.63) is 21.4 Å². The monoisotopic (exact) mass is 401 g/mol. The summed E-state index contributed by atoms with van der Waals surface area (Å²) in [6.07, 6.45) is 5.83. The van der Waals surface area contributed by atoms with E-state index in [1.165, 1.54) is 12.8 Å². The molecule has 1 aromatic heterocycles. The molecule has 2 aliphatic carbocycles. The molecule has 0 atom stereocenters. The molecule has 0 aliphatic heterocycles. The molecular weight excluding hydrogens is 382 g/mol. The van der Waals surface area contributed by atoms with Gasteiger partial charge in [-0.05, 0) is 72.5 Å². The van der Waals surface area contributed by atoms with Crippen molar-refractivity contribution in [1.82, 2.24) is 4.98 Å². The van der Waals surface area contributed by atoms with Gasteiger partial charge in [-0.3, -0.25) is 4.79 Å². The van der Waals surface area contributed by atoms with Crippen LogP contribution in [0.3, 0.4) is 0 Å². The third-order valence-electron chi connectivity index (χ3n) is 4.69. The van der Waals surface area contributed by atoms with Gasteiger partial charge in [-0.25, -0.2) is 4.98 Å². The number of halogens is 2. The van der Waals surface area contributed by atoms with Crippen LogP contribution in [-0.4, -0.2) is 24.2 Å². The van der Waals surface area contributed by atoms with E-state index in [0.29, 0.717) is 41.1 Å². The fourth-order valence-electron chi connectivity index (χ4n) is 2.91. The van der Waals surface area contributed by atoms with E-state index in [0.717, 1.165) is 24.8 Å². The van der Waals surface area contributed by atoms with E-state index in [-0.39, 0.29) is 5.97 Å². The maximum absolute atomic E-state index is 12.3. The van der Waals surface area contributed by atoms with Crippen molar-refractivity contribution in [1.29, 1.82) is 0 Å². The summed E-state index contributed by atoms with van der Waals surface area (Å²) in [5, 5.41) is 0.361. The van der Waals surface area contributed by atoms with Gasteiger partial charge in [-0.15, -0.1) is 0 Å². The van der Waals surface area contributed by atoms with Gasteiger partial charge >= 0.3 is 5.97 Å². The SMILES string of the molecule is CCOC(=O)C1(Cc2cc(OCC3CC3)c(Cl)nc2Br)CCC1. The number of esters is 1. The molecule has 23 heavy (non-hydrogen) atoms. The minimum Gasteiger partial charge on any atom is -0.490 e. The lowest BCUT2D eigenvalue weighted by atomic mass is 9.65. The van der Waals surface area contributed by atoms with E-state index in [1.54, 1.807) is 0 Å². The third-order valence-corrected chi connectivity index (χ3v) is 5.65. The van der Waals surface area contributed by atoms with Crippen molar-refractivity contribution in [2.24, 2.45) is 11.3 Å². The highest BCUT2D eigenvalue weighted by Gasteiger charge is 2.46. The van der Waals surface area contributed by atoms with E-state index in [2.05, 4.69) is 20.9 Å². The highest BCUT2D eigenvalue weighted by atomic mass is 79.9. The van der Waals surface area contributed by atoms with Crippen LogP contribution in [0.25, 0.3) is 0 Å². The quantitative estimate of drug-likeness (QED) is 0.495. The first kappa shape index (κ1) is 17.0. The second-order valence-corrected chi connectivity index (χ2v) is 7.62. The molecule has 3 rings (SSSR count). The first-order chi connectivity index (χ1) is 11.0. The Balaban J connectivity index is 1.77. The minimum absolute atomic E-state index is 0.103. The molecule has 0 bridgehead atoms. The lowest BCUT2D eigenvalue weighted by Crippen LogP contribution is -2.41. The molecule has 1 aromatic rings. The van der Waals surface area contributed by atoms with Crippen molar-refractivity contribution >= 4 is 33.5 Å². The van der Waals surface area contributed by atoms with Crippen LogP contribution in [0, 0.1) is 11.3 Å². The zero-order valence-electron chi connectivity index (χ0n) is 13.2. The van der Waals surface area contributed by atoms with Crippen LogP contribution in [0.4, 0.5) is 0 Å². The summed E-state index contributed by atoms with van der Waals surface area (Å²) in [6, 6.07) is 1.92. The number of nitrogens with zero attached hydrogens (tertiary/aromatic N) is 1. The minimum atomic E-state index is -0.415. The Labute approximate surface area is 150 Å². The zero-order chi connectivity index (χ0) is 16.4. The Bertz CT molecular complexity index is 600. The number of rotatable bonds is 7. The standard InChI is InChI=1S/C17H21BrClNO3/c1-2-22-16(21)17(6-3-7-17)9-12-8-13(15(19)20-14(12)18)23-10-11-4-5-11/h8,11H,2-7,9-10H2,1H3. The Morgan fingerprint density at radius 1 is 1.48 bits per heavy atom. The van der Waals surface area contributed by atoms with Gasteiger partial charge in [0.2, 0.25) is 0 Å². The molecule has 4 nitrogen and oxygen atoms in total. The van der Waals surface area contributed by atoms with E-state index in [9.17, 15) is 4.79 Å². The number of carbonyl (C=O) groups is 1. The van der Waals surface area contributed by atoms with Gasteiger partial charge in [-0.1, -0.05) is 18.0 Å². The van der Waals surface area contributed by atoms with E-state index in [1.807, 2.05) is 13.0 Å². The van der Waals surface area contributed by atoms with Gasteiger partial charge < -0.3 is 9.47 Å². The van der Waals surface area contributed by atoms with Crippen LogP contribution in [0.1, 0.15) is 44.6 Å². The predicted molar refractivity (Wildman–Crippen MR) is 91.8 cm³/mol. The summed E-state index contributed by atoms with van der Waals surface area (Å²) in [5.74, 6) is 1.15. The van der Waals surface area contributed by atoms with Crippen molar-refractivity contribution in [3.63, 3.8) is 0 Å². The first-order valence-electron chi connectivity index (χ1n) is 8.19. The van der Waals surface area contributed by atoms with Gasteiger partial charge in [0, 0.05) is 0 Å². The van der Waals surface area contributed by atoms with Crippen molar-refractivity contribution in [2.45, 2.75) is 45.4 Å². The number of carbonyl (C=O) groups excluding carboxylic acids is 1. The summed E-state index contributed by atoms with van der Waals surface area (Å²) in [4.78, 5) is 16.6. The molecule has 0 N–H and O–H groups in total. The Kier molecular flexibility index (Phi) is 5.16. The van der Waals surface area contributed by atoms with Crippen LogP contribution in [-0.2, 0) is 16.0 Å². The molecule has 0 saturated heterocycles. The Hall–Kier alpha value is -0.810. The van der Waals surface area contributed by atoms with Gasteiger partial charge in [-0.2, -0.15) is 0 Å². The number of hydrogen-bond donors (Lipinski definition) is 0. The smallest absolute Gasteiger partial charge is 0.312 e. The average molecular weight is 403 g/mol. The normalized spacial score (nSPS) is 19.1. The van der Waals surface area contributed by atoms with Crippen LogP contribution in [0.5, 0.6) is 5.75 Å². The number of hydrogen-bond acceptors (Lipinski definition) is 4. The molecule has 126 valence electrons. The summed E-state index contributed by atoms with van der Waals surface area (Å²) >= 11 is 9.64. The molecule has 0 aromatic carbocycles. The van der Waals surface area contributed by atoms with E-state index >= 15 is 0 Å². The molecular formula is C17H21BrClNO3. The predicted octanol–water partition coefficient (Wildman–Crippen LogP) is 4.56. The average Bonchev–Trinajstić information content (AvgIpc) is 3.28. The molecule has 0 radical (unpaired) electrons. The van der Waals surface area contributed by atoms with Gasteiger partial charge in [0.1, 0.15) is 4.60 Å². The molecule has 0 spiro atoms. The summed E-state index contributed by atoms with van der Waals surface area (Å²) in [5.41, 5.74) is 0.537. The number of pyridine rings is 1. The summed E-state index contributed by atoms with van der Waals surface area (Å²) in [7, 11) is 0. The second-order valence-electron chi connectivity index (χ2n) is 6.51. The molecule has 2 saturated carbocycles. The van der Waals surface area contributed by atoms with Gasteiger partial charge in [0.05, 0.1) is 18.6 Å². The van der Waals surface area contributed by atoms with Gasteiger partial charge in [0.15, 0.2) is 10.9 Å². The maximum atomic E-state index is 12.3. The summed E-state index contributed by atoms with van der Waals surface area (Å²) < 4.78 is 11.7. The fourth-order valence-corrected chi connectivity index (χ4v) is 3.64. The van der Waals surface area contributed by atoms with Crippen molar-refractivity contribution in [3.8, 4) is 5.75 Å². The highest BCUT2D eigenvalue weighted by Crippen LogP contribution is 2.46. The zero-order valence-corrected chi connectivity index (χ0v) is 15.6. The molecule has 0 amide bonds. The van der Waals surface area contributed by atoms with Crippen LogP contribution in [0.2, 0.25) is 5.15 Å². The Morgan fingerprint density at radius 3 is 2.78 bits per heavy atom. The van der Waals surface area contributed by atoms with E-state index in [4.69, 9.17) is 21.1 Å². The molecule has 6 heteroatoms. The molecule has 2 aliphatic rings. The Morgan fingerprint density at radius 2 is 2.22 bits per heavy atom. The molecule has 2 fully saturated rings. The topological polar surface area (TPSA) is 48.4 Å². The lowest BCUT2D eigenvalue weighted by molar-refractivity contribution is -0.161. The highest BCUT2D eigenvalue weighted by molar-refractivity contribution is 9.10. The first-order valence-corrected chi connectivity index (χ1v) is 9.36. The van der Waals surface area contributed by atoms with Crippen LogP contribution < -0.4 is 4.74 Å². The fraction of sp³-hybridized carbons (Fsp3) is 0.647. The van der Waals surface area contributed by atoms with E-state index < -0.39 is 5.41 Å². The lowest BCUT2D eigenvalue weighted by Gasteiger charge is -2.39. The van der Waals surface area contributed by atoms with Crippen LogP contribution in [0.15, 0.2) is 10.7 Å². The largest absolute Gasteiger partial charge is 0.490 e. The van der Waals surface area contributed by atoms with Crippen LogP contribution >= 0.6 is 27.5 Å². The number of aromatic nitrogens is 1. The van der Waals surface area contributed by atoms with Crippen molar-refractivity contribution < 1.29 is 14.3 Å². The maximum Gasteiger partial charge on any atom is 0.312 e. The molecule has 1 heterocycles. The molecule has 0 unspecified atom stereocenters. The summed E-state index contributed by atoms with van der Waals surface area (Å²) in [6.45, 7) is 2.94. The van der Waals surface area contributed by atoms with Gasteiger partial charge in [0.25, 0.3) is 0 Å².